The number of piperidine rings is 1. The number of hydrogen-bond donors (Lipinski definition) is 1. The highest BCUT2D eigenvalue weighted by Gasteiger charge is 2.24. The molecule has 1 fully saturated rings. The third-order valence-corrected chi connectivity index (χ3v) is 7.22. The summed E-state index contributed by atoms with van der Waals surface area (Å²) < 4.78 is 0. The Kier molecular flexibility index (Phi) is 6.09. The van der Waals surface area contributed by atoms with Crippen molar-refractivity contribution in [2.24, 2.45) is 5.92 Å². The largest absolute Gasteiger partial charge is 0.317 e. The fourth-order valence-electron chi connectivity index (χ4n) is 4.42. The molecule has 1 N–H and O–H groups in total. The van der Waals surface area contributed by atoms with E-state index in [0.29, 0.717) is 12.0 Å². The fraction of sp³-hybridized carbons (Fsp3) is 0.478. The van der Waals surface area contributed by atoms with Gasteiger partial charge in [-0.1, -0.05) is 30.3 Å². The molecule has 5 heteroatoms. The third-order valence-electron chi connectivity index (χ3n) is 6.02. The number of nitrogens with zero attached hydrogens (tertiary/aromatic N) is 2. The summed E-state index contributed by atoms with van der Waals surface area (Å²) in [7, 11) is 0. The lowest BCUT2D eigenvalue weighted by Crippen LogP contribution is -2.36. The predicted molar refractivity (Wildman–Crippen MR) is 114 cm³/mol. The average molecular weight is 394 g/mol. The number of anilines is 1. The maximum Gasteiger partial charge on any atom is 0.226 e. The van der Waals surface area contributed by atoms with Gasteiger partial charge in [-0.25, -0.2) is 0 Å². The van der Waals surface area contributed by atoms with Crippen LogP contribution in [0.25, 0.3) is 0 Å². The number of nitrogens with one attached hydrogen (secondary N) is 1. The first-order chi connectivity index (χ1) is 13.7. The highest BCUT2D eigenvalue weighted by molar-refractivity contribution is 7.16. The van der Waals surface area contributed by atoms with Crippen molar-refractivity contribution in [3.05, 3.63) is 51.9 Å². The number of fused-ring (bicyclic) bond motifs is 1. The minimum absolute atomic E-state index is 0.0304. The van der Waals surface area contributed by atoms with Crippen LogP contribution < -0.4 is 5.32 Å². The summed E-state index contributed by atoms with van der Waals surface area (Å²) in [5.41, 5.74) is 3.30. The second kappa shape index (κ2) is 8.89. The molecule has 0 unspecified atom stereocenters. The molecule has 1 saturated heterocycles. The lowest BCUT2D eigenvalue weighted by Gasteiger charge is -2.31. The maximum absolute atomic E-state index is 12.4. The molecule has 1 aliphatic carbocycles. The topological polar surface area (TPSA) is 56.1 Å². The molecule has 1 aromatic heterocycles. The van der Waals surface area contributed by atoms with Crippen LogP contribution in [0.1, 0.15) is 47.3 Å². The smallest absolute Gasteiger partial charge is 0.226 e. The first-order valence-electron chi connectivity index (χ1n) is 10.3. The standard InChI is InChI=1S/C23H27N3OS/c24-16-20-19-7-4-8-21(19)28-23(20)25-22(27)11-14-26-12-9-18(10-13-26)15-17-5-2-1-3-6-17/h1-3,5-6,18H,4,7-15H2,(H,25,27). The van der Waals surface area contributed by atoms with Gasteiger partial charge in [-0.05, 0) is 68.7 Å². The van der Waals surface area contributed by atoms with Crippen LogP contribution in [0.15, 0.2) is 30.3 Å². The van der Waals surface area contributed by atoms with Crippen molar-refractivity contribution < 1.29 is 4.79 Å². The van der Waals surface area contributed by atoms with E-state index >= 15 is 0 Å². The summed E-state index contributed by atoms with van der Waals surface area (Å²) in [6, 6.07) is 13.0. The van der Waals surface area contributed by atoms with E-state index in [2.05, 4.69) is 46.6 Å². The lowest BCUT2D eigenvalue weighted by molar-refractivity contribution is -0.116. The van der Waals surface area contributed by atoms with Gasteiger partial charge in [-0.15, -0.1) is 11.3 Å². The van der Waals surface area contributed by atoms with Gasteiger partial charge < -0.3 is 10.2 Å². The zero-order valence-electron chi connectivity index (χ0n) is 16.2. The summed E-state index contributed by atoms with van der Waals surface area (Å²) in [4.78, 5) is 16.1. The Balaban J connectivity index is 1.22. The van der Waals surface area contributed by atoms with Gasteiger partial charge in [0.2, 0.25) is 5.91 Å². The zero-order chi connectivity index (χ0) is 19.3. The zero-order valence-corrected chi connectivity index (χ0v) is 17.1. The fourth-order valence-corrected chi connectivity index (χ4v) is 5.68. The van der Waals surface area contributed by atoms with E-state index in [9.17, 15) is 10.1 Å². The van der Waals surface area contributed by atoms with E-state index in [0.717, 1.165) is 56.2 Å². The molecule has 2 aromatic rings. The van der Waals surface area contributed by atoms with Crippen LogP contribution in [-0.2, 0) is 24.1 Å². The number of rotatable bonds is 6. The van der Waals surface area contributed by atoms with Gasteiger partial charge >= 0.3 is 0 Å². The Morgan fingerprint density at radius 2 is 2.00 bits per heavy atom. The van der Waals surface area contributed by atoms with Crippen LogP contribution in [-0.4, -0.2) is 30.4 Å². The summed E-state index contributed by atoms with van der Waals surface area (Å²) in [5.74, 6) is 0.780. The van der Waals surface area contributed by atoms with Gasteiger partial charge in [0.15, 0.2) is 0 Å². The van der Waals surface area contributed by atoms with Crippen LogP contribution >= 0.6 is 11.3 Å². The van der Waals surface area contributed by atoms with Crippen LogP contribution in [0, 0.1) is 17.2 Å². The lowest BCUT2D eigenvalue weighted by atomic mass is 9.90. The Hall–Kier alpha value is -2.16. The SMILES string of the molecule is N#Cc1c(NC(=O)CCN2CCC(Cc3ccccc3)CC2)sc2c1CCC2. The molecule has 0 atom stereocenters. The average Bonchev–Trinajstić information content (AvgIpc) is 3.29. The quantitative estimate of drug-likeness (QED) is 0.792. The minimum Gasteiger partial charge on any atom is -0.317 e. The van der Waals surface area contributed by atoms with E-state index in [1.807, 2.05) is 0 Å². The van der Waals surface area contributed by atoms with Crippen molar-refractivity contribution in [2.75, 3.05) is 25.0 Å². The normalized spacial score (nSPS) is 17.2. The molecule has 0 spiro atoms. The predicted octanol–water partition coefficient (Wildman–Crippen LogP) is 4.39. The van der Waals surface area contributed by atoms with Crippen molar-refractivity contribution in [1.82, 2.24) is 4.90 Å². The Labute approximate surface area is 171 Å². The highest BCUT2D eigenvalue weighted by Crippen LogP contribution is 2.38. The van der Waals surface area contributed by atoms with Gasteiger partial charge in [-0.3, -0.25) is 4.79 Å². The van der Waals surface area contributed by atoms with E-state index in [1.165, 1.54) is 28.8 Å². The number of benzene rings is 1. The minimum atomic E-state index is 0.0304. The van der Waals surface area contributed by atoms with Gasteiger partial charge in [0, 0.05) is 17.8 Å². The van der Waals surface area contributed by atoms with Crippen LogP contribution in [0.5, 0.6) is 0 Å². The van der Waals surface area contributed by atoms with Crippen molar-refractivity contribution in [3.8, 4) is 6.07 Å². The number of hydrogen-bond acceptors (Lipinski definition) is 4. The second-order valence-corrected chi connectivity index (χ2v) is 9.05. The number of nitriles is 1. The second-order valence-electron chi connectivity index (χ2n) is 7.95. The summed E-state index contributed by atoms with van der Waals surface area (Å²) >= 11 is 1.60. The maximum atomic E-state index is 12.4. The molecule has 2 heterocycles. The molecule has 146 valence electrons. The molecule has 4 nitrogen and oxygen atoms in total. The van der Waals surface area contributed by atoms with E-state index in [4.69, 9.17) is 0 Å². The van der Waals surface area contributed by atoms with Crippen molar-refractivity contribution >= 4 is 22.2 Å². The molecule has 0 radical (unpaired) electrons. The van der Waals surface area contributed by atoms with Crippen molar-refractivity contribution in [3.63, 3.8) is 0 Å². The molecule has 0 saturated carbocycles. The first kappa shape index (κ1) is 19.2. The van der Waals surface area contributed by atoms with Gasteiger partial charge in [0.25, 0.3) is 0 Å². The van der Waals surface area contributed by atoms with Gasteiger partial charge in [-0.2, -0.15) is 5.26 Å². The Bertz CT molecular complexity index is 860. The molecule has 1 aromatic carbocycles. The first-order valence-corrected chi connectivity index (χ1v) is 11.2. The molecular formula is C23H27N3OS. The van der Waals surface area contributed by atoms with Gasteiger partial charge in [0.1, 0.15) is 11.1 Å². The number of aryl methyl sites for hydroxylation is 1. The summed E-state index contributed by atoms with van der Waals surface area (Å²) in [5, 5.41) is 13.2. The molecule has 1 aliphatic heterocycles. The van der Waals surface area contributed by atoms with E-state index < -0.39 is 0 Å². The van der Waals surface area contributed by atoms with Crippen molar-refractivity contribution in [2.45, 2.75) is 44.9 Å². The molecule has 4 rings (SSSR count). The van der Waals surface area contributed by atoms with Crippen LogP contribution in [0.4, 0.5) is 5.00 Å². The molecule has 28 heavy (non-hydrogen) atoms. The Morgan fingerprint density at radius 3 is 2.75 bits per heavy atom. The number of carbonyl (C=O) groups is 1. The molecule has 2 aliphatic rings. The molecule has 0 bridgehead atoms. The molecule has 1 amide bonds. The number of thiophene rings is 1. The Morgan fingerprint density at radius 1 is 1.21 bits per heavy atom. The van der Waals surface area contributed by atoms with Gasteiger partial charge in [0.05, 0.1) is 5.56 Å². The van der Waals surface area contributed by atoms with Crippen molar-refractivity contribution in [1.29, 1.82) is 5.26 Å². The van der Waals surface area contributed by atoms with Crippen LogP contribution in [0.3, 0.4) is 0 Å². The monoisotopic (exact) mass is 393 g/mol. The van der Waals surface area contributed by atoms with E-state index in [1.54, 1.807) is 11.3 Å². The number of amides is 1. The summed E-state index contributed by atoms with van der Waals surface area (Å²) in [6.07, 6.45) is 7.21. The highest BCUT2D eigenvalue weighted by atomic mass is 32.1. The van der Waals surface area contributed by atoms with Crippen LogP contribution in [0.2, 0.25) is 0 Å². The third kappa shape index (κ3) is 4.45. The number of carbonyl (C=O) groups excluding carboxylic acids is 1. The summed E-state index contributed by atoms with van der Waals surface area (Å²) in [6.45, 7) is 2.94. The molecular weight excluding hydrogens is 366 g/mol. The number of likely N-dealkylation sites (tertiary alicyclic amines) is 1. The van der Waals surface area contributed by atoms with E-state index in [-0.39, 0.29) is 5.91 Å².